The highest BCUT2D eigenvalue weighted by molar-refractivity contribution is 6.31. The third-order valence-electron chi connectivity index (χ3n) is 13.6. The highest BCUT2D eigenvalue weighted by atomic mass is 35.5. The second-order valence-corrected chi connectivity index (χ2v) is 18.2. The van der Waals surface area contributed by atoms with Gasteiger partial charge in [-0.25, -0.2) is 9.37 Å². The van der Waals surface area contributed by atoms with Crippen LogP contribution in [0.25, 0.3) is 0 Å². The van der Waals surface area contributed by atoms with E-state index in [1.807, 2.05) is 6.07 Å². The Bertz CT molecular complexity index is 2630. The molecule has 5 aliphatic rings. The molecule has 0 bridgehead atoms. The second kappa shape index (κ2) is 19.3. The largest absolute Gasteiger partial charge is 0.382 e. The normalized spacial score (nSPS) is 22.7. The molecule has 67 heavy (non-hydrogen) atoms. The molecule has 1 aromatic heterocycles. The number of piperidine rings is 1. The Hall–Kier alpha value is -5.98. The Kier molecular flexibility index (Phi) is 13.3. The lowest BCUT2D eigenvalue weighted by atomic mass is 9.55. The number of aromatic nitrogens is 1. The van der Waals surface area contributed by atoms with E-state index in [4.69, 9.17) is 32.7 Å². The van der Waals surface area contributed by atoms with Crippen LogP contribution in [-0.2, 0) is 40.6 Å². The van der Waals surface area contributed by atoms with E-state index in [1.165, 1.54) is 29.3 Å². The monoisotopic (exact) mass is 954 g/mol. The summed E-state index contributed by atoms with van der Waals surface area (Å²) in [6, 6.07) is 16.4. The van der Waals surface area contributed by atoms with Gasteiger partial charge < -0.3 is 35.6 Å². The van der Waals surface area contributed by atoms with E-state index < -0.39 is 52.5 Å². The number of amides is 6. The van der Waals surface area contributed by atoms with Gasteiger partial charge in [0.25, 0.3) is 11.8 Å². The fraction of sp³-hybridized carbons (Fsp3) is 0.396. The summed E-state index contributed by atoms with van der Waals surface area (Å²) in [5, 5.41) is 18.2. The fourth-order valence-electron chi connectivity index (χ4n) is 10.7. The first-order chi connectivity index (χ1) is 32.4. The van der Waals surface area contributed by atoms with Gasteiger partial charge in [0.1, 0.15) is 23.1 Å². The molecule has 16 nitrogen and oxygen atoms in total. The van der Waals surface area contributed by atoms with Gasteiger partial charge in [0.2, 0.25) is 23.6 Å². The quantitative estimate of drug-likeness (QED) is 0.0652. The number of ether oxygens (including phenoxy) is 2. The molecule has 19 heteroatoms. The maximum Gasteiger partial charge on any atom is 0.255 e. The summed E-state index contributed by atoms with van der Waals surface area (Å²) in [5.74, 6) is -3.85. The standard InChI is InChI=1S/C48H49Cl2FN8O8/c49-28-11-12-32-35(24-28)55-46(65)48(32)39(30-7-4-8-33(50)40(30)51)41(58-47(48)16-2-1-3-17-47)44(63)56-37-14-10-27(25-54-37)42(61)53-19-21-67-23-22-66-20-18-52-34-9-5-6-29-31(34)26-59(45(29)64)36-13-15-38(60)57-43(36)62/h4-12,14,24-25,36,39,41,52,58H,1-3,13,15-23,26H2,(H,53,61)(H,55,65)(H,54,56,63)(H,57,60,62)/t36?,39-,41+,48+/m0/s1. The molecule has 4 aromatic rings. The van der Waals surface area contributed by atoms with Crippen molar-refractivity contribution in [3.05, 3.63) is 117 Å². The molecule has 5 heterocycles. The highest BCUT2D eigenvalue weighted by Crippen LogP contribution is 2.63. The van der Waals surface area contributed by atoms with Crippen LogP contribution in [0.3, 0.4) is 0 Å². The SMILES string of the molecule is O=C1CCC(N2Cc3c(NCCOCCOCCNC(=O)c4ccc(NC(=O)[C@@H]5NC6(CCCCC6)[C@@]6(C(=O)Nc7cc(Cl)ccc76)[C@H]5c5cccc(Cl)c5F)nc4)cccc3C2=O)C(=O)N1. The van der Waals surface area contributed by atoms with E-state index in [0.717, 1.165) is 30.5 Å². The minimum Gasteiger partial charge on any atom is -0.382 e. The van der Waals surface area contributed by atoms with Gasteiger partial charge >= 0.3 is 0 Å². The molecular weight excluding hydrogens is 906 g/mol. The predicted octanol–water partition coefficient (Wildman–Crippen LogP) is 5.45. The number of fused-ring (bicyclic) bond motifs is 4. The van der Waals surface area contributed by atoms with Gasteiger partial charge in [-0.2, -0.15) is 0 Å². The molecule has 4 atom stereocenters. The summed E-state index contributed by atoms with van der Waals surface area (Å²) in [7, 11) is 0. The number of halogens is 3. The summed E-state index contributed by atoms with van der Waals surface area (Å²) in [5.41, 5.74) is 1.36. The van der Waals surface area contributed by atoms with Crippen LogP contribution in [0.2, 0.25) is 10.0 Å². The number of pyridine rings is 1. The van der Waals surface area contributed by atoms with Gasteiger partial charge in [0, 0.05) is 71.2 Å². The van der Waals surface area contributed by atoms with Crippen LogP contribution in [0.4, 0.5) is 21.6 Å². The third kappa shape index (κ3) is 8.63. The van der Waals surface area contributed by atoms with Crippen molar-refractivity contribution in [2.24, 2.45) is 0 Å². The molecule has 1 saturated carbocycles. The van der Waals surface area contributed by atoms with E-state index in [-0.39, 0.29) is 72.4 Å². The number of hydrogen-bond donors (Lipinski definition) is 6. The molecule has 1 aliphatic carbocycles. The van der Waals surface area contributed by atoms with Crippen molar-refractivity contribution >= 4 is 75.8 Å². The van der Waals surface area contributed by atoms with Crippen molar-refractivity contribution in [2.45, 2.75) is 80.4 Å². The van der Waals surface area contributed by atoms with E-state index in [2.05, 4.69) is 36.9 Å². The molecule has 6 amide bonds. The summed E-state index contributed by atoms with van der Waals surface area (Å²) >= 11 is 12.7. The fourth-order valence-corrected chi connectivity index (χ4v) is 11.0. The zero-order chi connectivity index (χ0) is 46.9. The molecule has 350 valence electrons. The van der Waals surface area contributed by atoms with Gasteiger partial charge in [-0.3, -0.25) is 39.4 Å². The number of nitrogens with zero attached hydrogens (tertiary/aromatic N) is 2. The average molecular weight is 956 g/mol. The van der Waals surface area contributed by atoms with Gasteiger partial charge in [0.15, 0.2) is 0 Å². The van der Waals surface area contributed by atoms with Crippen LogP contribution in [0.1, 0.15) is 88.3 Å². The van der Waals surface area contributed by atoms with Crippen molar-refractivity contribution in [2.75, 3.05) is 55.5 Å². The maximum absolute atomic E-state index is 16.2. The van der Waals surface area contributed by atoms with E-state index in [9.17, 15) is 28.8 Å². The van der Waals surface area contributed by atoms with Gasteiger partial charge in [0.05, 0.1) is 43.1 Å². The minimum absolute atomic E-state index is 0.125. The third-order valence-corrected chi connectivity index (χ3v) is 14.2. The molecule has 2 saturated heterocycles. The number of carbonyl (C=O) groups excluding carboxylic acids is 6. The van der Waals surface area contributed by atoms with E-state index in [1.54, 1.807) is 42.5 Å². The second-order valence-electron chi connectivity index (χ2n) is 17.4. The van der Waals surface area contributed by atoms with Crippen molar-refractivity contribution < 1.29 is 42.6 Å². The van der Waals surface area contributed by atoms with Crippen LogP contribution >= 0.6 is 23.2 Å². The Labute approximate surface area is 395 Å². The number of hydrogen-bond acceptors (Lipinski definition) is 11. The van der Waals surface area contributed by atoms with Gasteiger partial charge in [-0.05, 0) is 72.9 Å². The van der Waals surface area contributed by atoms with Crippen LogP contribution in [0.15, 0.2) is 72.9 Å². The van der Waals surface area contributed by atoms with Crippen molar-refractivity contribution in [3.63, 3.8) is 0 Å². The molecule has 0 radical (unpaired) electrons. The Balaban J connectivity index is 0.752. The maximum atomic E-state index is 16.2. The Morgan fingerprint density at radius 1 is 0.896 bits per heavy atom. The van der Waals surface area contributed by atoms with Crippen LogP contribution in [0, 0.1) is 5.82 Å². The molecule has 2 spiro atoms. The minimum atomic E-state index is -1.38. The Morgan fingerprint density at radius 2 is 1.67 bits per heavy atom. The zero-order valence-electron chi connectivity index (χ0n) is 36.4. The van der Waals surface area contributed by atoms with Gasteiger partial charge in [-0.1, -0.05) is 66.7 Å². The number of imide groups is 1. The number of rotatable bonds is 15. The number of nitrogens with one attached hydrogen (secondary N) is 6. The van der Waals surface area contributed by atoms with Crippen molar-refractivity contribution in [1.29, 1.82) is 0 Å². The number of anilines is 3. The predicted molar refractivity (Wildman–Crippen MR) is 246 cm³/mol. The first-order valence-corrected chi connectivity index (χ1v) is 23.2. The first kappa shape index (κ1) is 46.1. The van der Waals surface area contributed by atoms with Gasteiger partial charge in [-0.15, -0.1) is 0 Å². The zero-order valence-corrected chi connectivity index (χ0v) is 37.9. The highest BCUT2D eigenvalue weighted by Gasteiger charge is 2.72. The lowest BCUT2D eigenvalue weighted by Gasteiger charge is -2.47. The van der Waals surface area contributed by atoms with Crippen molar-refractivity contribution in [3.8, 4) is 0 Å². The molecule has 1 unspecified atom stereocenters. The lowest BCUT2D eigenvalue weighted by Crippen LogP contribution is -2.60. The summed E-state index contributed by atoms with van der Waals surface area (Å²) in [6.45, 7) is 2.13. The van der Waals surface area contributed by atoms with Crippen LogP contribution in [-0.4, -0.2) is 102 Å². The lowest BCUT2D eigenvalue weighted by molar-refractivity contribution is -0.137. The molecular formula is C48H49Cl2FN8O8. The smallest absolute Gasteiger partial charge is 0.255 e. The summed E-state index contributed by atoms with van der Waals surface area (Å²) in [4.78, 5) is 85.0. The topological polar surface area (TPSA) is 209 Å². The average Bonchev–Trinajstić information content (AvgIpc) is 3.91. The number of carbonyl (C=O) groups is 6. The van der Waals surface area contributed by atoms with E-state index in [0.29, 0.717) is 60.9 Å². The molecule has 9 rings (SSSR count). The molecule has 6 N–H and O–H groups in total. The molecule has 3 fully saturated rings. The Morgan fingerprint density at radius 3 is 2.43 bits per heavy atom. The number of benzene rings is 3. The first-order valence-electron chi connectivity index (χ1n) is 22.5. The summed E-state index contributed by atoms with van der Waals surface area (Å²) < 4.78 is 27.5. The van der Waals surface area contributed by atoms with Crippen LogP contribution in [0.5, 0.6) is 0 Å². The molecule has 4 aliphatic heterocycles. The summed E-state index contributed by atoms with van der Waals surface area (Å²) in [6.07, 6.45) is 5.53. The van der Waals surface area contributed by atoms with E-state index >= 15 is 4.39 Å². The molecule has 3 aromatic carbocycles. The van der Waals surface area contributed by atoms with Crippen molar-refractivity contribution in [1.82, 2.24) is 25.8 Å². The van der Waals surface area contributed by atoms with Crippen LogP contribution < -0.4 is 31.9 Å².